The Morgan fingerprint density at radius 3 is 2.79 bits per heavy atom. The molecule has 0 radical (unpaired) electrons. The normalized spacial score (nSPS) is 12.0. The fourth-order valence-corrected chi connectivity index (χ4v) is 1.61. The highest BCUT2D eigenvalue weighted by Gasteiger charge is 2.31. The predicted molar refractivity (Wildman–Crippen MR) is 60.9 cm³/mol. The van der Waals surface area contributed by atoms with Gasteiger partial charge in [0.1, 0.15) is 12.4 Å². The van der Waals surface area contributed by atoms with Gasteiger partial charge in [-0.1, -0.05) is 0 Å². The number of H-pyrrole nitrogens is 1. The number of alkyl halides is 3. The molecular weight excluding hydrogens is 265 g/mol. The number of nitrogens with zero attached hydrogens (tertiary/aromatic N) is 4. The molecule has 0 amide bonds. The lowest BCUT2D eigenvalue weighted by Gasteiger charge is -2.23. The number of fused-ring (bicyclic) bond motifs is 1. The van der Waals surface area contributed by atoms with Crippen molar-refractivity contribution in [3.8, 4) is 0 Å². The van der Waals surface area contributed by atoms with Gasteiger partial charge in [-0.05, 0) is 12.1 Å². The summed E-state index contributed by atoms with van der Waals surface area (Å²) in [6, 6.07) is 2.76. The highest BCUT2D eigenvalue weighted by Crippen LogP contribution is 2.20. The molecule has 0 aliphatic carbocycles. The minimum Gasteiger partial charge on any atom is -0.345 e. The zero-order valence-electron chi connectivity index (χ0n) is 9.68. The standard InChI is InChI=1S/C9H11F3N6O/c10-9(11,12)5-17(4-3-13)7-2-1-6-14-15-8(19)18(6)16-7/h1-2H,3-5,13H2,(H,15,19). The first-order chi connectivity index (χ1) is 8.90. The largest absolute Gasteiger partial charge is 0.405 e. The maximum Gasteiger partial charge on any atom is 0.405 e. The number of aromatic amines is 1. The van der Waals surface area contributed by atoms with Crippen LogP contribution in [0.15, 0.2) is 16.9 Å². The first kappa shape index (κ1) is 13.3. The average molecular weight is 276 g/mol. The Hall–Kier alpha value is -2.10. The van der Waals surface area contributed by atoms with E-state index < -0.39 is 18.4 Å². The summed E-state index contributed by atoms with van der Waals surface area (Å²) in [7, 11) is 0. The van der Waals surface area contributed by atoms with Crippen molar-refractivity contribution in [2.24, 2.45) is 5.73 Å². The van der Waals surface area contributed by atoms with Crippen molar-refractivity contribution < 1.29 is 13.2 Å². The van der Waals surface area contributed by atoms with E-state index in [1.807, 2.05) is 0 Å². The van der Waals surface area contributed by atoms with E-state index in [4.69, 9.17) is 5.73 Å². The lowest BCUT2D eigenvalue weighted by molar-refractivity contribution is -0.119. The van der Waals surface area contributed by atoms with Gasteiger partial charge >= 0.3 is 11.9 Å². The van der Waals surface area contributed by atoms with Gasteiger partial charge in [0.25, 0.3) is 0 Å². The third kappa shape index (κ3) is 3.02. The number of hydrogen-bond acceptors (Lipinski definition) is 5. The quantitative estimate of drug-likeness (QED) is 0.803. The van der Waals surface area contributed by atoms with Gasteiger partial charge in [0.2, 0.25) is 0 Å². The Kier molecular flexibility index (Phi) is 3.42. The van der Waals surface area contributed by atoms with Gasteiger partial charge in [0, 0.05) is 13.1 Å². The van der Waals surface area contributed by atoms with Crippen molar-refractivity contribution in [3.63, 3.8) is 0 Å². The van der Waals surface area contributed by atoms with Crippen LogP contribution >= 0.6 is 0 Å². The monoisotopic (exact) mass is 276 g/mol. The zero-order valence-corrected chi connectivity index (χ0v) is 9.68. The summed E-state index contributed by atoms with van der Waals surface area (Å²) in [4.78, 5) is 12.3. The van der Waals surface area contributed by atoms with E-state index in [2.05, 4.69) is 15.3 Å². The van der Waals surface area contributed by atoms with Gasteiger partial charge in [-0.25, -0.2) is 9.89 Å². The van der Waals surface area contributed by atoms with E-state index in [1.54, 1.807) is 0 Å². The fraction of sp³-hybridized carbons (Fsp3) is 0.444. The summed E-state index contributed by atoms with van der Waals surface area (Å²) < 4.78 is 38.2. The Balaban J connectivity index is 2.37. The molecule has 0 aliphatic rings. The molecule has 0 saturated heterocycles. The summed E-state index contributed by atoms with van der Waals surface area (Å²) in [6.45, 7) is -1.17. The number of anilines is 1. The SMILES string of the molecule is NCCN(CC(F)(F)F)c1ccc2n[nH]c(=O)n2n1. The van der Waals surface area contributed by atoms with Gasteiger partial charge in [-0.3, -0.25) is 0 Å². The Morgan fingerprint density at radius 1 is 1.42 bits per heavy atom. The van der Waals surface area contributed by atoms with E-state index in [1.165, 1.54) is 12.1 Å². The molecular formula is C9H11F3N6O. The van der Waals surface area contributed by atoms with E-state index in [9.17, 15) is 18.0 Å². The maximum atomic E-state index is 12.5. The van der Waals surface area contributed by atoms with Crippen molar-refractivity contribution in [1.29, 1.82) is 0 Å². The molecule has 3 N–H and O–H groups in total. The molecule has 19 heavy (non-hydrogen) atoms. The molecule has 0 unspecified atom stereocenters. The van der Waals surface area contributed by atoms with Crippen molar-refractivity contribution in [2.75, 3.05) is 24.5 Å². The molecule has 0 atom stereocenters. The van der Waals surface area contributed by atoms with Gasteiger partial charge < -0.3 is 10.6 Å². The molecule has 7 nitrogen and oxygen atoms in total. The topological polar surface area (TPSA) is 92.3 Å². The van der Waals surface area contributed by atoms with Gasteiger partial charge in [-0.2, -0.15) is 22.8 Å². The molecule has 0 aliphatic heterocycles. The van der Waals surface area contributed by atoms with Crippen LogP contribution in [-0.4, -0.2) is 45.6 Å². The van der Waals surface area contributed by atoms with Crippen LogP contribution in [0.4, 0.5) is 19.0 Å². The van der Waals surface area contributed by atoms with Gasteiger partial charge in [-0.15, -0.1) is 5.10 Å². The zero-order chi connectivity index (χ0) is 14.0. The van der Waals surface area contributed by atoms with E-state index in [-0.39, 0.29) is 24.6 Å². The second kappa shape index (κ2) is 4.88. The van der Waals surface area contributed by atoms with Crippen molar-refractivity contribution >= 4 is 11.5 Å². The third-order valence-electron chi connectivity index (χ3n) is 2.35. The number of aromatic nitrogens is 4. The molecule has 0 saturated carbocycles. The fourth-order valence-electron chi connectivity index (χ4n) is 1.61. The van der Waals surface area contributed by atoms with Gasteiger partial charge in [0.05, 0.1) is 0 Å². The number of hydrogen-bond donors (Lipinski definition) is 2. The molecule has 2 heterocycles. The highest BCUT2D eigenvalue weighted by atomic mass is 19.4. The minimum absolute atomic E-state index is 0.0128. The van der Waals surface area contributed by atoms with Crippen molar-refractivity contribution in [3.05, 3.63) is 22.6 Å². The minimum atomic E-state index is -4.38. The third-order valence-corrected chi connectivity index (χ3v) is 2.35. The van der Waals surface area contributed by atoms with Crippen LogP contribution in [0, 0.1) is 0 Å². The molecule has 10 heteroatoms. The second-order valence-corrected chi connectivity index (χ2v) is 3.82. The Bertz CT molecular complexity index is 618. The summed E-state index contributed by atoms with van der Waals surface area (Å²) >= 11 is 0. The molecule has 0 aromatic carbocycles. The van der Waals surface area contributed by atoms with Crippen LogP contribution in [-0.2, 0) is 0 Å². The predicted octanol–water partition coefficient (Wildman–Crippen LogP) is -0.255. The molecule has 2 rings (SSSR count). The number of nitrogens with one attached hydrogen (secondary N) is 1. The molecule has 0 spiro atoms. The van der Waals surface area contributed by atoms with Crippen LogP contribution in [0.25, 0.3) is 5.65 Å². The Labute approximate surface area is 104 Å². The highest BCUT2D eigenvalue weighted by molar-refractivity contribution is 5.45. The van der Waals surface area contributed by atoms with Crippen molar-refractivity contribution in [2.45, 2.75) is 6.18 Å². The van der Waals surface area contributed by atoms with Crippen LogP contribution in [0.5, 0.6) is 0 Å². The molecule has 2 aromatic heterocycles. The summed E-state index contributed by atoms with van der Waals surface area (Å²) in [5.41, 5.74) is 4.90. The lowest BCUT2D eigenvalue weighted by Crippen LogP contribution is -2.38. The van der Waals surface area contributed by atoms with E-state index in [0.717, 1.165) is 9.42 Å². The first-order valence-corrected chi connectivity index (χ1v) is 5.37. The summed E-state index contributed by atoms with van der Waals surface area (Å²) in [5, 5.41) is 9.61. The molecule has 0 fully saturated rings. The molecule has 0 bridgehead atoms. The van der Waals surface area contributed by atoms with Crippen LogP contribution in [0.3, 0.4) is 0 Å². The van der Waals surface area contributed by atoms with Gasteiger partial charge in [0.15, 0.2) is 5.65 Å². The summed E-state index contributed by atoms with van der Waals surface area (Å²) in [6.07, 6.45) is -4.38. The second-order valence-electron chi connectivity index (χ2n) is 3.82. The van der Waals surface area contributed by atoms with E-state index >= 15 is 0 Å². The number of rotatable bonds is 4. The van der Waals surface area contributed by atoms with E-state index in [0.29, 0.717) is 0 Å². The van der Waals surface area contributed by atoms with Crippen molar-refractivity contribution in [1.82, 2.24) is 19.8 Å². The van der Waals surface area contributed by atoms with Crippen LogP contribution < -0.4 is 16.3 Å². The Morgan fingerprint density at radius 2 is 2.16 bits per heavy atom. The lowest BCUT2D eigenvalue weighted by atomic mass is 10.4. The molecule has 104 valence electrons. The van der Waals surface area contributed by atoms with Crippen LogP contribution in [0.1, 0.15) is 0 Å². The number of halogens is 3. The first-order valence-electron chi connectivity index (χ1n) is 5.37. The maximum absolute atomic E-state index is 12.5. The van der Waals surface area contributed by atoms with Crippen LogP contribution in [0.2, 0.25) is 0 Å². The number of nitrogens with two attached hydrogens (primary N) is 1. The average Bonchev–Trinajstić information content (AvgIpc) is 2.69. The summed E-state index contributed by atoms with van der Waals surface area (Å²) in [5.74, 6) is 0.0128. The molecule has 2 aromatic rings. The smallest absolute Gasteiger partial charge is 0.345 e.